The summed E-state index contributed by atoms with van der Waals surface area (Å²) in [6, 6.07) is 12.7. The Morgan fingerprint density at radius 3 is 2.30 bits per heavy atom. The largest absolute Gasteiger partial charge is 0.426 e. The van der Waals surface area contributed by atoms with E-state index in [0.717, 1.165) is 16.7 Å². The second kappa shape index (κ2) is 7.82. The summed E-state index contributed by atoms with van der Waals surface area (Å²) in [6.45, 7) is 6.33. The topological polar surface area (TPSA) is 63.7 Å². The second-order valence-corrected chi connectivity index (χ2v) is 9.09. The van der Waals surface area contributed by atoms with Gasteiger partial charge in [0.1, 0.15) is 5.75 Å². The van der Waals surface area contributed by atoms with Crippen LogP contribution in [0.15, 0.2) is 47.4 Å². The van der Waals surface area contributed by atoms with Gasteiger partial charge >= 0.3 is 5.97 Å². The molecule has 1 saturated heterocycles. The average molecular weight is 388 g/mol. The van der Waals surface area contributed by atoms with Crippen molar-refractivity contribution in [1.82, 2.24) is 4.31 Å². The Hall–Kier alpha value is -2.18. The number of hydrogen-bond donors (Lipinski definition) is 0. The Morgan fingerprint density at radius 1 is 1.00 bits per heavy atom. The van der Waals surface area contributed by atoms with E-state index < -0.39 is 10.0 Å². The van der Waals surface area contributed by atoms with Gasteiger partial charge in [-0.3, -0.25) is 4.79 Å². The molecule has 1 aliphatic heterocycles. The van der Waals surface area contributed by atoms with Crippen LogP contribution in [0.25, 0.3) is 0 Å². The zero-order chi connectivity index (χ0) is 19.6. The maximum absolute atomic E-state index is 12.9. The lowest BCUT2D eigenvalue weighted by Gasteiger charge is -2.30. The van der Waals surface area contributed by atoms with Crippen LogP contribution in [0.2, 0.25) is 0 Å². The highest BCUT2D eigenvalue weighted by atomic mass is 32.2. The molecule has 0 atom stereocenters. The molecule has 0 spiro atoms. The molecule has 27 heavy (non-hydrogen) atoms. The first-order valence-corrected chi connectivity index (χ1v) is 10.6. The third kappa shape index (κ3) is 4.39. The summed E-state index contributed by atoms with van der Waals surface area (Å²) in [4.78, 5) is 12.7. The molecule has 1 fully saturated rings. The molecular weight excluding hydrogens is 362 g/mol. The molecule has 2 aromatic rings. The maximum atomic E-state index is 12.9. The van der Waals surface area contributed by atoms with Crippen LogP contribution in [-0.2, 0) is 14.8 Å². The Balaban J connectivity index is 1.65. The van der Waals surface area contributed by atoms with Gasteiger partial charge in [-0.15, -0.1) is 0 Å². The minimum Gasteiger partial charge on any atom is -0.426 e. The van der Waals surface area contributed by atoms with Crippen LogP contribution >= 0.6 is 0 Å². The number of hydrogen-bond acceptors (Lipinski definition) is 4. The first-order chi connectivity index (χ1) is 12.8. The fraction of sp³-hybridized carbons (Fsp3) is 0.381. The molecular formula is C21H25NO4S. The number of rotatable bonds is 4. The van der Waals surface area contributed by atoms with E-state index in [1.165, 1.54) is 4.31 Å². The summed E-state index contributed by atoms with van der Waals surface area (Å²) >= 11 is 0. The summed E-state index contributed by atoms with van der Waals surface area (Å²) in [5.74, 6) is -0.0365. The zero-order valence-corrected chi connectivity index (χ0v) is 16.8. The molecule has 1 heterocycles. The molecule has 2 aromatic carbocycles. The van der Waals surface area contributed by atoms with Crippen LogP contribution in [0, 0.1) is 26.7 Å². The lowest BCUT2D eigenvalue weighted by Crippen LogP contribution is -2.41. The molecule has 0 bridgehead atoms. The van der Waals surface area contributed by atoms with Gasteiger partial charge in [-0.2, -0.15) is 4.31 Å². The second-order valence-electron chi connectivity index (χ2n) is 7.18. The Labute approximate surface area is 161 Å². The standard InChI is InChI=1S/C21H25NO4S/c1-15-5-4-6-19(14-15)26-21(23)18-9-11-22(12-10-18)27(24,25)20-8-7-16(2)13-17(20)3/h4-8,13-14,18H,9-12H2,1-3H3. The third-order valence-corrected chi connectivity index (χ3v) is 7.00. The smallest absolute Gasteiger partial charge is 0.314 e. The first kappa shape index (κ1) is 19.6. The molecule has 5 nitrogen and oxygen atoms in total. The lowest BCUT2D eigenvalue weighted by molar-refractivity contribution is -0.140. The molecule has 3 rings (SSSR count). The number of carbonyl (C=O) groups excluding carboxylic acids is 1. The number of carbonyl (C=O) groups is 1. The number of sulfonamides is 1. The summed E-state index contributed by atoms with van der Waals surface area (Å²) in [7, 11) is -3.54. The molecule has 0 N–H and O–H groups in total. The Kier molecular flexibility index (Phi) is 5.67. The van der Waals surface area contributed by atoms with Crippen molar-refractivity contribution >= 4 is 16.0 Å². The van der Waals surface area contributed by atoms with E-state index in [9.17, 15) is 13.2 Å². The quantitative estimate of drug-likeness (QED) is 0.594. The molecule has 0 radical (unpaired) electrons. The molecule has 6 heteroatoms. The SMILES string of the molecule is Cc1cccc(OC(=O)C2CCN(S(=O)(=O)c3ccc(C)cc3C)CC2)c1. The Bertz CT molecular complexity index is 944. The van der Waals surface area contributed by atoms with Gasteiger partial charge in [0.15, 0.2) is 0 Å². The van der Waals surface area contributed by atoms with Gasteiger partial charge in [0.05, 0.1) is 10.8 Å². The highest BCUT2D eigenvalue weighted by Gasteiger charge is 2.33. The number of aryl methyl sites for hydroxylation is 3. The van der Waals surface area contributed by atoms with Crippen molar-refractivity contribution in [3.05, 3.63) is 59.2 Å². The minimum absolute atomic E-state index is 0.281. The van der Waals surface area contributed by atoms with Crippen molar-refractivity contribution in [1.29, 1.82) is 0 Å². The number of benzene rings is 2. The van der Waals surface area contributed by atoms with Crippen LogP contribution < -0.4 is 4.74 Å². The van der Waals surface area contributed by atoms with E-state index in [0.29, 0.717) is 36.6 Å². The molecule has 0 amide bonds. The monoisotopic (exact) mass is 387 g/mol. The maximum Gasteiger partial charge on any atom is 0.314 e. The van der Waals surface area contributed by atoms with Crippen LogP contribution in [0.5, 0.6) is 5.75 Å². The van der Waals surface area contributed by atoms with Gasteiger partial charge in [-0.25, -0.2) is 8.42 Å². The van der Waals surface area contributed by atoms with Crippen molar-refractivity contribution in [2.24, 2.45) is 5.92 Å². The van der Waals surface area contributed by atoms with Gasteiger partial charge in [0, 0.05) is 13.1 Å². The van der Waals surface area contributed by atoms with Gasteiger partial charge in [-0.1, -0.05) is 29.8 Å². The number of piperidine rings is 1. The lowest BCUT2D eigenvalue weighted by atomic mass is 9.98. The van der Waals surface area contributed by atoms with Gasteiger partial charge in [0.25, 0.3) is 0 Å². The van der Waals surface area contributed by atoms with Crippen molar-refractivity contribution in [2.75, 3.05) is 13.1 Å². The molecule has 0 aromatic heterocycles. The molecule has 1 aliphatic rings. The summed E-state index contributed by atoms with van der Waals surface area (Å²) in [5.41, 5.74) is 2.80. The van der Waals surface area contributed by atoms with Gasteiger partial charge < -0.3 is 4.74 Å². The van der Waals surface area contributed by atoms with Crippen molar-refractivity contribution in [3.63, 3.8) is 0 Å². The van der Waals surface area contributed by atoms with Gasteiger partial charge in [-0.05, 0) is 62.9 Å². The van der Waals surface area contributed by atoms with E-state index in [4.69, 9.17) is 4.74 Å². The predicted octanol–water partition coefficient (Wildman–Crippen LogP) is 3.62. The fourth-order valence-electron chi connectivity index (χ4n) is 3.44. The number of nitrogens with zero attached hydrogens (tertiary/aromatic N) is 1. The van der Waals surface area contributed by atoms with Crippen LogP contribution in [0.4, 0.5) is 0 Å². The number of ether oxygens (including phenoxy) is 1. The van der Waals surface area contributed by atoms with Crippen LogP contribution in [0.1, 0.15) is 29.5 Å². The van der Waals surface area contributed by atoms with E-state index in [1.807, 2.05) is 51.1 Å². The van der Waals surface area contributed by atoms with Crippen molar-refractivity contribution < 1.29 is 17.9 Å². The van der Waals surface area contributed by atoms with E-state index in [-0.39, 0.29) is 11.9 Å². The summed E-state index contributed by atoms with van der Waals surface area (Å²) in [6.07, 6.45) is 0.934. The zero-order valence-electron chi connectivity index (χ0n) is 15.9. The molecule has 144 valence electrons. The highest BCUT2D eigenvalue weighted by molar-refractivity contribution is 7.89. The normalized spacial score (nSPS) is 16.3. The summed E-state index contributed by atoms with van der Waals surface area (Å²) < 4.78 is 32.8. The Morgan fingerprint density at radius 2 is 1.67 bits per heavy atom. The number of esters is 1. The van der Waals surface area contributed by atoms with Crippen molar-refractivity contribution in [2.45, 2.75) is 38.5 Å². The van der Waals surface area contributed by atoms with E-state index in [1.54, 1.807) is 12.1 Å². The fourth-order valence-corrected chi connectivity index (χ4v) is 5.11. The third-order valence-electron chi connectivity index (χ3n) is 4.94. The highest BCUT2D eigenvalue weighted by Crippen LogP contribution is 2.27. The summed E-state index contributed by atoms with van der Waals surface area (Å²) in [5, 5.41) is 0. The molecule has 0 unspecified atom stereocenters. The predicted molar refractivity (Wildman–Crippen MR) is 104 cm³/mol. The molecule has 0 saturated carbocycles. The van der Waals surface area contributed by atoms with E-state index in [2.05, 4.69) is 0 Å². The minimum atomic E-state index is -3.54. The first-order valence-electron chi connectivity index (χ1n) is 9.13. The van der Waals surface area contributed by atoms with Crippen LogP contribution in [0.3, 0.4) is 0 Å². The van der Waals surface area contributed by atoms with Crippen LogP contribution in [-0.4, -0.2) is 31.8 Å². The molecule has 0 aliphatic carbocycles. The van der Waals surface area contributed by atoms with Crippen molar-refractivity contribution in [3.8, 4) is 5.75 Å². The average Bonchev–Trinajstić information content (AvgIpc) is 2.61. The van der Waals surface area contributed by atoms with Gasteiger partial charge in [0.2, 0.25) is 10.0 Å². The van der Waals surface area contributed by atoms with E-state index >= 15 is 0 Å².